The van der Waals surface area contributed by atoms with Crippen LogP contribution in [0.2, 0.25) is 0 Å². The Balaban J connectivity index is 1.99. The zero-order chi connectivity index (χ0) is 15.7. The molecule has 21 heavy (non-hydrogen) atoms. The standard InChI is InChI=1S/C18H36N2O/c1-5-6-7-8-9-10-11-12-13-14-15-16(17(21)19-15)20-18(2,3)4/h15-16,20H,5-14H2,1-4H3,(H,19,21)/t15-,16-/m1/s1. The van der Waals surface area contributed by atoms with Gasteiger partial charge in [0.25, 0.3) is 0 Å². The van der Waals surface area contributed by atoms with Crippen molar-refractivity contribution in [1.82, 2.24) is 10.6 Å². The van der Waals surface area contributed by atoms with Gasteiger partial charge < -0.3 is 5.32 Å². The minimum atomic E-state index is 0.0131. The molecular weight excluding hydrogens is 260 g/mol. The summed E-state index contributed by atoms with van der Waals surface area (Å²) in [5.41, 5.74) is 0.0131. The largest absolute Gasteiger partial charge is 0.350 e. The van der Waals surface area contributed by atoms with Gasteiger partial charge in [-0.15, -0.1) is 0 Å². The second-order valence-electron chi connectivity index (χ2n) is 7.60. The molecule has 1 aliphatic heterocycles. The molecule has 0 spiro atoms. The molecule has 1 amide bonds. The maximum absolute atomic E-state index is 11.6. The van der Waals surface area contributed by atoms with E-state index < -0.39 is 0 Å². The zero-order valence-electron chi connectivity index (χ0n) is 14.6. The molecule has 0 bridgehead atoms. The first-order valence-electron chi connectivity index (χ1n) is 9.02. The summed E-state index contributed by atoms with van der Waals surface area (Å²) in [4.78, 5) is 11.6. The third-order valence-electron chi connectivity index (χ3n) is 4.22. The Bertz CT molecular complexity index is 296. The first-order chi connectivity index (χ1) is 9.94. The molecule has 0 aliphatic carbocycles. The quantitative estimate of drug-likeness (QED) is 0.444. The van der Waals surface area contributed by atoms with E-state index in [-0.39, 0.29) is 17.5 Å². The van der Waals surface area contributed by atoms with Crippen molar-refractivity contribution in [3.63, 3.8) is 0 Å². The number of rotatable bonds is 11. The van der Waals surface area contributed by atoms with Gasteiger partial charge in [0.1, 0.15) is 6.04 Å². The van der Waals surface area contributed by atoms with Gasteiger partial charge in [0.15, 0.2) is 0 Å². The maximum Gasteiger partial charge on any atom is 0.239 e. The molecule has 0 unspecified atom stereocenters. The van der Waals surface area contributed by atoms with Crippen LogP contribution in [0.1, 0.15) is 91.9 Å². The Labute approximate surface area is 131 Å². The lowest BCUT2D eigenvalue weighted by molar-refractivity contribution is -0.132. The second-order valence-corrected chi connectivity index (χ2v) is 7.60. The van der Waals surface area contributed by atoms with Crippen molar-refractivity contribution in [2.24, 2.45) is 0 Å². The van der Waals surface area contributed by atoms with Crippen LogP contribution in [0.3, 0.4) is 0 Å². The number of carbonyl (C=O) groups is 1. The highest BCUT2D eigenvalue weighted by molar-refractivity contribution is 5.89. The topological polar surface area (TPSA) is 41.1 Å². The summed E-state index contributed by atoms with van der Waals surface area (Å²) in [6, 6.07) is 0.375. The summed E-state index contributed by atoms with van der Waals surface area (Å²) in [5.74, 6) is 0.172. The highest BCUT2D eigenvalue weighted by Crippen LogP contribution is 2.18. The molecule has 1 rings (SSSR count). The highest BCUT2D eigenvalue weighted by Gasteiger charge is 2.40. The molecule has 0 aromatic rings. The van der Waals surface area contributed by atoms with E-state index in [1.54, 1.807) is 0 Å². The molecule has 2 atom stereocenters. The lowest BCUT2D eigenvalue weighted by atomic mass is 9.91. The molecule has 1 saturated heterocycles. The molecule has 0 aromatic heterocycles. The predicted octanol–water partition coefficient (Wildman–Crippen LogP) is 4.16. The Morgan fingerprint density at radius 3 is 1.95 bits per heavy atom. The molecular formula is C18H36N2O. The highest BCUT2D eigenvalue weighted by atomic mass is 16.2. The van der Waals surface area contributed by atoms with Crippen LogP contribution >= 0.6 is 0 Å². The number of amides is 1. The van der Waals surface area contributed by atoms with Crippen molar-refractivity contribution < 1.29 is 4.79 Å². The van der Waals surface area contributed by atoms with E-state index in [9.17, 15) is 4.79 Å². The Morgan fingerprint density at radius 1 is 0.952 bits per heavy atom. The van der Waals surface area contributed by atoms with E-state index in [1.165, 1.54) is 57.8 Å². The smallest absolute Gasteiger partial charge is 0.239 e. The Hall–Kier alpha value is -0.570. The molecule has 124 valence electrons. The van der Waals surface area contributed by atoms with Gasteiger partial charge in [0, 0.05) is 5.54 Å². The minimum Gasteiger partial charge on any atom is -0.350 e. The van der Waals surface area contributed by atoms with Gasteiger partial charge in [-0.25, -0.2) is 0 Å². The second kappa shape index (κ2) is 9.45. The van der Waals surface area contributed by atoms with E-state index in [2.05, 4.69) is 38.3 Å². The third-order valence-corrected chi connectivity index (χ3v) is 4.22. The molecule has 1 aliphatic rings. The van der Waals surface area contributed by atoms with Crippen molar-refractivity contribution in [2.75, 3.05) is 0 Å². The number of carbonyl (C=O) groups excluding carboxylic acids is 1. The zero-order valence-corrected chi connectivity index (χ0v) is 14.6. The predicted molar refractivity (Wildman–Crippen MR) is 90.5 cm³/mol. The van der Waals surface area contributed by atoms with Gasteiger partial charge in [-0.2, -0.15) is 0 Å². The Kier molecular flexibility index (Phi) is 8.31. The van der Waals surface area contributed by atoms with Crippen LogP contribution in [0.15, 0.2) is 0 Å². The molecule has 0 saturated carbocycles. The van der Waals surface area contributed by atoms with Crippen LogP contribution in [-0.4, -0.2) is 23.5 Å². The lowest BCUT2D eigenvalue weighted by Crippen LogP contribution is -2.70. The van der Waals surface area contributed by atoms with Crippen molar-refractivity contribution >= 4 is 5.91 Å². The number of hydrogen-bond donors (Lipinski definition) is 2. The van der Waals surface area contributed by atoms with Crippen LogP contribution < -0.4 is 10.6 Å². The van der Waals surface area contributed by atoms with E-state index in [0.29, 0.717) is 6.04 Å². The Morgan fingerprint density at radius 2 is 1.48 bits per heavy atom. The molecule has 1 fully saturated rings. The van der Waals surface area contributed by atoms with Crippen LogP contribution in [0, 0.1) is 0 Å². The number of nitrogens with one attached hydrogen (secondary N) is 2. The monoisotopic (exact) mass is 296 g/mol. The number of hydrogen-bond acceptors (Lipinski definition) is 2. The van der Waals surface area contributed by atoms with Gasteiger partial charge in [-0.1, -0.05) is 64.7 Å². The van der Waals surface area contributed by atoms with Crippen molar-refractivity contribution in [3.05, 3.63) is 0 Å². The van der Waals surface area contributed by atoms with Crippen LogP contribution in [-0.2, 0) is 4.79 Å². The summed E-state index contributed by atoms with van der Waals surface area (Å²) in [5, 5.41) is 6.46. The maximum atomic E-state index is 11.6. The third kappa shape index (κ3) is 7.85. The van der Waals surface area contributed by atoms with Crippen LogP contribution in [0.25, 0.3) is 0 Å². The summed E-state index contributed by atoms with van der Waals surface area (Å²) in [6.45, 7) is 8.62. The molecule has 3 nitrogen and oxygen atoms in total. The summed E-state index contributed by atoms with van der Waals surface area (Å²) >= 11 is 0. The minimum absolute atomic E-state index is 0.0131. The van der Waals surface area contributed by atoms with Crippen LogP contribution in [0.4, 0.5) is 0 Å². The number of unbranched alkanes of at least 4 members (excludes halogenated alkanes) is 8. The van der Waals surface area contributed by atoms with E-state index >= 15 is 0 Å². The van der Waals surface area contributed by atoms with Crippen molar-refractivity contribution in [1.29, 1.82) is 0 Å². The molecule has 2 N–H and O–H groups in total. The van der Waals surface area contributed by atoms with Gasteiger partial charge >= 0.3 is 0 Å². The molecule has 3 heteroatoms. The van der Waals surface area contributed by atoms with Gasteiger partial charge in [-0.05, 0) is 27.2 Å². The van der Waals surface area contributed by atoms with E-state index in [1.807, 2.05) is 0 Å². The summed E-state index contributed by atoms with van der Waals surface area (Å²) in [6.07, 6.45) is 13.3. The van der Waals surface area contributed by atoms with Gasteiger partial charge in [-0.3, -0.25) is 10.1 Å². The van der Waals surface area contributed by atoms with E-state index in [4.69, 9.17) is 0 Å². The van der Waals surface area contributed by atoms with E-state index in [0.717, 1.165) is 6.42 Å². The molecule has 0 aromatic carbocycles. The fraction of sp³-hybridized carbons (Fsp3) is 0.944. The SMILES string of the molecule is CCCCCCCCCCC[C@H]1NC(=O)[C@@H]1NC(C)(C)C. The van der Waals surface area contributed by atoms with Crippen molar-refractivity contribution in [2.45, 2.75) is 110 Å². The normalized spacial score (nSPS) is 22.0. The first kappa shape index (κ1) is 18.5. The van der Waals surface area contributed by atoms with Gasteiger partial charge in [0.2, 0.25) is 5.91 Å². The average Bonchev–Trinajstić information content (AvgIpc) is 2.41. The summed E-state index contributed by atoms with van der Waals surface area (Å²) < 4.78 is 0. The fourth-order valence-corrected chi connectivity index (χ4v) is 2.99. The van der Waals surface area contributed by atoms with Crippen LogP contribution in [0.5, 0.6) is 0 Å². The average molecular weight is 296 g/mol. The fourth-order valence-electron chi connectivity index (χ4n) is 2.99. The number of β-lactam (4-membered cyclic amide) rings is 1. The molecule has 0 radical (unpaired) electrons. The van der Waals surface area contributed by atoms with Crippen molar-refractivity contribution in [3.8, 4) is 0 Å². The first-order valence-corrected chi connectivity index (χ1v) is 9.02. The lowest BCUT2D eigenvalue weighted by Gasteiger charge is -2.41. The summed E-state index contributed by atoms with van der Waals surface area (Å²) in [7, 11) is 0. The van der Waals surface area contributed by atoms with Gasteiger partial charge in [0.05, 0.1) is 6.04 Å². The molecule has 1 heterocycles.